The van der Waals surface area contributed by atoms with Gasteiger partial charge in [0.05, 0.1) is 17.8 Å². The Balaban J connectivity index is 1.93. The van der Waals surface area contributed by atoms with Crippen LogP contribution in [0.4, 0.5) is 26.3 Å². The van der Waals surface area contributed by atoms with Gasteiger partial charge in [-0.05, 0) is 107 Å². The molecule has 0 saturated heterocycles. The number of alkyl halides is 6. The van der Waals surface area contributed by atoms with Crippen molar-refractivity contribution in [3.8, 4) is 11.8 Å². The Bertz CT molecular complexity index is 1050. The number of rotatable bonds is 7. The summed E-state index contributed by atoms with van der Waals surface area (Å²) in [6.07, 6.45) is -2.41. The Labute approximate surface area is 245 Å². The van der Waals surface area contributed by atoms with Crippen LogP contribution in [0.5, 0.6) is 0 Å². The second-order valence-corrected chi connectivity index (χ2v) is 14.1. The van der Waals surface area contributed by atoms with Crippen LogP contribution < -0.4 is 0 Å². The fourth-order valence-electron chi connectivity index (χ4n) is 7.90. The smallest absolute Gasteiger partial charge is 0.393 e. The standard InChI is InChI=1S/C32H46F6O4/c1-27(2,41)13-6-14-28(3,15-7-17-30(42,31(33,34)35)32(36,37)38)26-12-11-25-22(8-5-16-29(25,26)4)10-9-21-18-23(39)20-24(40)19-21/h9-10,23-26,39-42H,5-6,8,11-16,18-20H2,1-4H3/b22-10+/t23-,24-,25?,26?,28-,29+/m1/s1. The summed E-state index contributed by atoms with van der Waals surface area (Å²) in [7, 11) is 0. The van der Waals surface area contributed by atoms with E-state index in [4.69, 9.17) is 0 Å². The van der Waals surface area contributed by atoms with Crippen molar-refractivity contribution >= 4 is 0 Å². The van der Waals surface area contributed by atoms with Gasteiger partial charge in [0.15, 0.2) is 0 Å². The van der Waals surface area contributed by atoms with Gasteiger partial charge >= 0.3 is 18.0 Å². The van der Waals surface area contributed by atoms with Gasteiger partial charge in [0.25, 0.3) is 0 Å². The first-order valence-corrected chi connectivity index (χ1v) is 14.9. The summed E-state index contributed by atoms with van der Waals surface area (Å²) in [6, 6.07) is 0. The van der Waals surface area contributed by atoms with Crippen LogP contribution in [-0.2, 0) is 0 Å². The van der Waals surface area contributed by atoms with E-state index in [0.717, 1.165) is 37.7 Å². The molecule has 0 spiro atoms. The Morgan fingerprint density at radius 2 is 1.50 bits per heavy atom. The number of hydrogen-bond donors (Lipinski definition) is 4. The van der Waals surface area contributed by atoms with Crippen molar-refractivity contribution in [1.82, 2.24) is 0 Å². The van der Waals surface area contributed by atoms with Gasteiger partial charge in [0.2, 0.25) is 0 Å². The first kappa shape index (κ1) is 34.9. The number of aliphatic hydroxyl groups is 4. The third-order valence-electron chi connectivity index (χ3n) is 10.00. The number of aliphatic hydroxyl groups excluding tert-OH is 2. The maximum absolute atomic E-state index is 13.3. The van der Waals surface area contributed by atoms with Crippen LogP contribution in [0.1, 0.15) is 105 Å². The molecule has 0 aromatic carbocycles. The third-order valence-corrected chi connectivity index (χ3v) is 10.00. The molecule has 0 aliphatic heterocycles. The maximum atomic E-state index is 13.3. The monoisotopic (exact) mass is 608 g/mol. The molecule has 0 bridgehead atoms. The molecule has 3 aliphatic carbocycles. The minimum Gasteiger partial charge on any atom is -0.393 e. The summed E-state index contributed by atoms with van der Waals surface area (Å²) in [5.74, 6) is 3.42. The Morgan fingerprint density at radius 3 is 2.05 bits per heavy atom. The lowest BCUT2D eigenvalue weighted by Gasteiger charge is -2.49. The SMILES string of the molecule is CC(C)(O)CCC[C@](C)(CC#CC(O)(C(F)(F)F)C(F)(F)F)C1CCC2/C(=C/C=C3C[C@@H](O)C[C@H](O)C3)CCC[C@@]21C. The van der Waals surface area contributed by atoms with Crippen molar-refractivity contribution in [2.24, 2.45) is 22.7 Å². The highest BCUT2D eigenvalue weighted by molar-refractivity contribution is 5.27. The zero-order valence-electron chi connectivity index (χ0n) is 25.0. The molecule has 0 aromatic heterocycles. The predicted molar refractivity (Wildman–Crippen MR) is 148 cm³/mol. The van der Waals surface area contributed by atoms with Crippen LogP contribution in [0.2, 0.25) is 0 Å². The second kappa shape index (κ2) is 12.5. The van der Waals surface area contributed by atoms with E-state index in [0.29, 0.717) is 38.5 Å². The molecule has 10 heteroatoms. The van der Waals surface area contributed by atoms with E-state index in [2.05, 4.69) is 18.9 Å². The molecule has 42 heavy (non-hydrogen) atoms. The lowest BCUT2D eigenvalue weighted by atomic mass is 9.55. The van der Waals surface area contributed by atoms with E-state index in [1.807, 2.05) is 13.0 Å². The van der Waals surface area contributed by atoms with Crippen molar-refractivity contribution in [1.29, 1.82) is 0 Å². The average Bonchev–Trinajstić information content (AvgIpc) is 3.18. The van der Waals surface area contributed by atoms with Gasteiger partial charge in [0.1, 0.15) is 0 Å². The topological polar surface area (TPSA) is 80.9 Å². The lowest BCUT2D eigenvalue weighted by Crippen LogP contribution is -2.55. The summed E-state index contributed by atoms with van der Waals surface area (Å²) >= 11 is 0. The second-order valence-electron chi connectivity index (χ2n) is 14.1. The van der Waals surface area contributed by atoms with E-state index in [9.17, 15) is 46.8 Å². The van der Waals surface area contributed by atoms with E-state index < -0.39 is 41.2 Å². The highest BCUT2D eigenvalue weighted by atomic mass is 19.4. The van der Waals surface area contributed by atoms with Gasteiger partial charge in [-0.2, -0.15) is 26.3 Å². The zero-order chi connectivity index (χ0) is 31.8. The first-order chi connectivity index (χ1) is 19.1. The molecule has 0 aromatic rings. The van der Waals surface area contributed by atoms with Crippen LogP contribution in [0.25, 0.3) is 0 Å². The quantitative estimate of drug-likeness (QED) is 0.183. The van der Waals surface area contributed by atoms with Gasteiger partial charge in [-0.15, -0.1) is 0 Å². The Kier molecular flexibility index (Phi) is 10.4. The summed E-state index contributed by atoms with van der Waals surface area (Å²) in [5, 5.41) is 39.9. The molecule has 0 heterocycles. The fraction of sp³-hybridized carbons (Fsp3) is 0.812. The van der Waals surface area contributed by atoms with Gasteiger partial charge < -0.3 is 20.4 Å². The minimum absolute atomic E-state index is 0.0503. The highest BCUT2D eigenvalue weighted by Gasteiger charge is 2.70. The van der Waals surface area contributed by atoms with Crippen LogP contribution in [0.15, 0.2) is 23.3 Å². The molecule has 3 saturated carbocycles. The highest BCUT2D eigenvalue weighted by Crippen LogP contribution is 2.63. The number of hydrogen-bond acceptors (Lipinski definition) is 4. The van der Waals surface area contributed by atoms with E-state index in [1.165, 1.54) is 11.5 Å². The average molecular weight is 609 g/mol. The molecule has 6 atom stereocenters. The molecular weight excluding hydrogens is 562 g/mol. The number of allylic oxidation sites excluding steroid dienone is 3. The summed E-state index contributed by atoms with van der Waals surface area (Å²) in [6.45, 7) is 7.34. The van der Waals surface area contributed by atoms with Gasteiger partial charge in [0, 0.05) is 6.42 Å². The van der Waals surface area contributed by atoms with Crippen LogP contribution in [-0.4, -0.2) is 56.2 Å². The van der Waals surface area contributed by atoms with E-state index in [-0.39, 0.29) is 23.7 Å². The molecule has 3 aliphatic rings. The van der Waals surface area contributed by atoms with Crippen LogP contribution in [0, 0.1) is 34.5 Å². The summed E-state index contributed by atoms with van der Waals surface area (Å²) < 4.78 is 79.7. The van der Waals surface area contributed by atoms with Gasteiger partial charge in [-0.25, -0.2) is 0 Å². The molecule has 3 fully saturated rings. The molecule has 4 nitrogen and oxygen atoms in total. The van der Waals surface area contributed by atoms with Crippen molar-refractivity contribution in [3.63, 3.8) is 0 Å². The Hall–Kier alpha value is -1.54. The summed E-state index contributed by atoms with van der Waals surface area (Å²) in [5.41, 5.74) is -4.88. The first-order valence-electron chi connectivity index (χ1n) is 14.9. The molecule has 3 rings (SSSR count). The molecule has 0 radical (unpaired) electrons. The van der Waals surface area contributed by atoms with Crippen LogP contribution >= 0.6 is 0 Å². The normalized spacial score (nSPS) is 31.8. The van der Waals surface area contributed by atoms with Gasteiger partial charge in [-0.3, -0.25) is 0 Å². The molecule has 240 valence electrons. The molecule has 2 unspecified atom stereocenters. The third kappa shape index (κ3) is 7.75. The largest absolute Gasteiger partial charge is 0.438 e. The van der Waals surface area contributed by atoms with E-state index >= 15 is 0 Å². The molecule has 4 N–H and O–H groups in total. The van der Waals surface area contributed by atoms with Crippen molar-refractivity contribution in [2.45, 2.75) is 141 Å². The number of fused-ring (bicyclic) bond motifs is 1. The van der Waals surface area contributed by atoms with Crippen molar-refractivity contribution in [3.05, 3.63) is 23.3 Å². The predicted octanol–water partition coefficient (Wildman–Crippen LogP) is 7.16. The molecular formula is C32H46F6O4. The lowest BCUT2D eigenvalue weighted by molar-refractivity contribution is -0.343. The zero-order valence-corrected chi connectivity index (χ0v) is 25.0. The van der Waals surface area contributed by atoms with Crippen molar-refractivity contribution < 1.29 is 46.8 Å². The fourth-order valence-corrected chi connectivity index (χ4v) is 7.90. The summed E-state index contributed by atoms with van der Waals surface area (Å²) in [4.78, 5) is 0. The van der Waals surface area contributed by atoms with Crippen molar-refractivity contribution in [2.75, 3.05) is 0 Å². The Morgan fingerprint density at radius 1 is 0.905 bits per heavy atom. The maximum Gasteiger partial charge on any atom is 0.438 e. The minimum atomic E-state index is -6.00. The number of halogens is 6. The van der Waals surface area contributed by atoms with E-state index in [1.54, 1.807) is 13.8 Å². The van der Waals surface area contributed by atoms with Crippen LogP contribution in [0.3, 0.4) is 0 Å². The molecule has 0 amide bonds. The van der Waals surface area contributed by atoms with Gasteiger partial charge in [-0.1, -0.05) is 49.5 Å².